The third-order valence-corrected chi connectivity index (χ3v) is 3.14. The van der Waals surface area contributed by atoms with Gasteiger partial charge < -0.3 is 19.5 Å². The van der Waals surface area contributed by atoms with Gasteiger partial charge in [0.15, 0.2) is 0 Å². The van der Waals surface area contributed by atoms with E-state index in [1.165, 1.54) is 0 Å². The summed E-state index contributed by atoms with van der Waals surface area (Å²) in [5.41, 5.74) is 1.12. The highest BCUT2D eigenvalue weighted by Crippen LogP contribution is 2.24. The van der Waals surface area contributed by atoms with Crippen LogP contribution in [-0.4, -0.2) is 33.5 Å². The smallest absolute Gasteiger partial charge is 0.124 e. The van der Waals surface area contributed by atoms with Crippen molar-refractivity contribution in [3.8, 4) is 11.5 Å². The zero-order valence-electron chi connectivity index (χ0n) is 13.6. The van der Waals surface area contributed by atoms with Gasteiger partial charge in [0, 0.05) is 18.7 Å². The van der Waals surface area contributed by atoms with Crippen molar-refractivity contribution in [1.82, 2.24) is 5.32 Å². The van der Waals surface area contributed by atoms with E-state index in [4.69, 9.17) is 14.2 Å². The van der Waals surface area contributed by atoms with Crippen LogP contribution < -0.4 is 14.8 Å². The van der Waals surface area contributed by atoms with Crippen LogP contribution >= 0.6 is 0 Å². The highest BCUT2D eigenvalue weighted by molar-refractivity contribution is 5.40. The number of hydrogen-bond donors (Lipinski definition) is 1. The maximum atomic E-state index is 5.83. The van der Waals surface area contributed by atoms with Gasteiger partial charge in [-0.25, -0.2) is 0 Å². The lowest BCUT2D eigenvalue weighted by molar-refractivity contribution is 0.0977. The molecule has 0 saturated carbocycles. The standard InChI is InChI=1S/C17H29NO3/c1-4-6-10-20-11-12-21-17-8-7-16(19-3)13-15(17)14-18-9-5-2/h7-8,13,18H,4-6,9-12,14H2,1-3H3. The molecule has 0 fully saturated rings. The molecule has 1 aromatic carbocycles. The average Bonchev–Trinajstić information content (AvgIpc) is 2.52. The number of nitrogens with one attached hydrogen (secondary N) is 1. The minimum absolute atomic E-state index is 0.580. The summed E-state index contributed by atoms with van der Waals surface area (Å²) >= 11 is 0. The Labute approximate surface area is 128 Å². The van der Waals surface area contributed by atoms with Gasteiger partial charge >= 0.3 is 0 Å². The number of unbranched alkanes of at least 4 members (excludes halogenated alkanes) is 1. The Bertz CT molecular complexity index is 382. The first-order valence-corrected chi connectivity index (χ1v) is 7.90. The van der Waals surface area contributed by atoms with Crippen molar-refractivity contribution in [2.75, 3.05) is 33.5 Å². The molecule has 1 rings (SSSR count). The van der Waals surface area contributed by atoms with Gasteiger partial charge in [0.25, 0.3) is 0 Å². The predicted octanol–water partition coefficient (Wildman–Crippen LogP) is 3.39. The highest BCUT2D eigenvalue weighted by atomic mass is 16.5. The lowest BCUT2D eigenvalue weighted by Crippen LogP contribution is -2.15. The predicted molar refractivity (Wildman–Crippen MR) is 86.2 cm³/mol. The van der Waals surface area contributed by atoms with Crippen molar-refractivity contribution in [2.24, 2.45) is 0 Å². The molecule has 0 radical (unpaired) electrons. The van der Waals surface area contributed by atoms with Crippen LogP contribution in [0.1, 0.15) is 38.7 Å². The number of hydrogen-bond acceptors (Lipinski definition) is 4. The van der Waals surface area contributed by atoms with E-state index in [9.17, 15) is 0 Å². The van der Waals surface area contributed by atoms with Crippen molar-refractivity contribution < 1.29 is 14.2 Å². The zero-order valence-corrected chi connectivity index (χ0v) is 13.6. The molecule has 0 aromatic heterocycles. The third-order valence-electron chi connectivity index (χ3n) is 3.14. The SMILES string of the molecule is CCCCOCCOc1ccc(OC)cc1CNCCC. The van der Waals surface area contributed by atoms with Crippen LogP contribution in [0.3, 0.4) is 0 Å². The van der Waals surface area contributed by atoms with Crippen LogP contribution in [0.25, 0.3) is 0 Å². The molecule has 0 aliphatic rings. The second kappa shape index (κ2) is 11.4. The van der Waals surface area contributed by atoms with Crippen molar-refractivity contribution in [1.29, 1.82) is 0 Å². The lowest BCUT2D eigenvalue weighted by Gasteiger charge is -2.13. The zero-order chi connectivity index (χ0) is 15.3. The molecule has 0 spiro atoms. The van der Waals surface area contributed by atoms with Gasteiger partial charge in [-0.2, -0.15) is 0 Å². The summed E-state index contributed by atoms with van der Waals surface area (Å²) in [6.45, 7) is 8.13. The van der Waals surface area contributed by atoms with Crippen LogP contribution in [0.2, 0.25) is 0 Å². The van der Waals surface area contributed by atoms with Crippen LogP contribution in [0.5, 0.6) is 11.5 Å². The Hall–Kier alpha value is -1.26. The van der Waals surface area contributed by atoms with Gasteiger partial charge in [-0.15, -0.1) is 0 Å². The lowest BCUT2D eigenvalue weighted by atomic mass is 10.2. The minimum atomic E-state index is 0.580. The first-order valence-electron chi connectivity index (χ1n) is 7.90. The van der Waals surface area contributed by atoms with E-state index in [0.717, 1.165) is 56.0 Å². The maximum Gasteiger partial charge on any atom is 0.124 e. The number of benzene rings is 1. The fourth-order valence-electron chi connectivity index (χ4n) is 1.92. The Morgan fingerprint density at radius 3 is 2.62 bits per heavy atom. The summed E-state index contributed by atoms with van der Waals surface area (Å²) in [4.78, 5) is 0. The van der Waals surface area contributed by atoms with Gasteiger partial charge in [-0.3, -0.25) is 0 Å². The van der Waals surface area contributed by atoms with Gasteiger partial charge in [-0.1, -0.05) is 20.3 Å². The van der Waals surface area contributed by atoms with E-state index in [-0.39, 0.29) is 0 Å². The third kappa shape index (κ3) is 7.34. The molecule has 0 heterocycles. The van der Waals surface area contributed by atoms with Crippen LogP contribution in [-0.2, 0) is 11.3 Å². The molecule has 21 heavy (non-hydrogen) atoms. The van der Waals surface area contributed by atoms with Gasteiger partial charge in [-0.05, 0) is 37.6 Å². The van der Waals surface area contributed by atoms with Crippen molar-refractivity contribution >= 4 is 0 Å². The Morgan fingerprint density at radius 1 is 1.05 bits per heavy atom. The summed E-state index contributed by atoms with van der Waals surface area (Å²) in [6, 6.07) is 5.92. The Morgan fingerprint density at radius 2 is 1.90 bits per heavy atom. The fraction of sp³-hybridized carbons (Fsp3) is 0.647. The summed E-state index contributed by atoms with van der Waals surface area (Å²) in [7, 11) is 1.68. The van der Waals surface area contributed by atoms with Crippen LogP contribution in [0, 0.1) is 0 Å². The molecule has 0 aliphatic heterocycles. The first kappa shape index (κ1) is 17.8. The maximum absolute atomic E-state index is 5.83. The van der Waals surface area contributed by atoms with Gasteiger partial charge in [0.05, 0.1) is 13.7 Å². The summed E-state index contributed by atoms with van der Waals surface area (Å²) in [6.07, 6.45) is 3.38. The molecule has 0 saturated heterocycles. The molecule has 0 bridgehead atoms. The van der Waals surface area contributed by atoms with Crippen LogP contribution in [0.4, 0.5) is 0 Å². The Kier molecular flexibility index (Phi) is 9.66. The number of methoxy groups -OCH3 is 1. The second-order valence-electron chi connectivity index (χ2n) is 4.96. The molecule has 1 aromatic rings. The van der Waals surface area contributed by atoms with Crippen molar-refractivity contribution in [2.45, 2.75) is 39.7 Å². The second-order valence-corrected chi connectivity index (χ2v) is 4.96. The molecule has 0 atom stereocenters. The average molecular weight is 295 g/mol. The number of ether oxygens (including phenoxy) is 3. The highest BCUT2D eigenvalue weighted by Gasteiger charge is 2.05. The summed E-state index contributed by atoms with van der Waals surface area (Å²) < 4.78 is 16.6. The molecule has 0 unspecified atom stereocenters. The summed E-state index contributed by atoms with van der Waals surface area (Å²) in [5, 5.41) is 3.39. The van der Waals surface area contributed by atoms with E-state index in [2.05, 4.69) is 19.2 Å². The first-order chi connectivity index (χ1) is 10.3. The van der Waals surface area contributed by atoms with E-state index in [0.29, 0.717) is 13.2 Å². The van der Waals surface area contributed by atoms with E-state index in [1.54, 1.807) is 7.11 Å². The van der Waals surface area contributed by atoms with Gasteiger partial charge in [0.1, 0.15) is 18.1 Å². The van der Waals surface area contributed by atoms with Crippen molar-refractivity contribution in [3.05, 3.63) is 23.8 Å². The van der Waals surface area contributed by atoms with Crippen LogP contribution in [0.15, 0.2) is 18.2 Å². The molecule has 120 valence electrons. The largest absolute Gasteiger partial charge is 0.497 e. The molecular formula is C17H29NO3. The fourth-order valence-corrected chi connectivity index (χ4v) is 1.92. The van der Waals surface area contributed by atoms with E-state index >= 15 is 0 Å². The monoisotopic (exact) mass is 295 g/mol. The minimum Gasteiger partial charge on any atom is -0.497 e. The van der Waals surface area contributed by atoms with Gasteiger partial charge in [0.2, 0.25) is 0 Å². The number of rotatable bonds is 12. The molecule has 4 heteroatoms. The molecular weight excluding hydrogens is 266 g/mol. The summed E-state index contributed by atoms with van der Waals surface area (Å²) in [5.74, 6) is 1.76. The molecule has 1 N–H and O–H groups in total. The van der Waals surface area contributed by atoms with E-state index in [1.807, 2.05) is 18.2 Å². The van der Waals surface area contributed by atoms with E-state index < -0.39 is 0 Å². The molecule has 0 aliphatic carbocycles. The quantitative estimate of drug-likeness (QED) is 0.600. The molecule has 4 nitrogen and oxygen atoms in total. The Balaban J connectivity index is 2.46. The normalized spacial score (nSPS) is 10.6. The molecule has 0 amide bonds. The van der Waals surface area contributed by atoms with Crippen molar-refractivity contribution in [3.63, 3.8) is 0 Å². The topological polar surface area (TPSA) is 39.7 Å².